The zero-order valence-electron chi connectivity index (χ0n) is 14.1. The first kappa shape index (κ1) is 16.3. The van der Waals surface area contributed by atoms with E-state index in [0.29, 0.717) is 0 Å². The van der Waals surface area contributed by atoms with Crippen LogP contribution in [0, 0.1) is 13.8 Å². The Hall–Kier alpha value is -2.10. The fraction of sp³-hybridized carbons (Fsp3) is 0.444. The zero-order chi connectivity index (χ0) is 15.9. The maximum Gasteiger partial charge on any atom is 0.134 e. The second-order valence-electron chi connectivity index (χ2n) is 5.78. The maximum absolute atomic E-state index is 4.53. The van der Waals surface area contributed by atoms with Crippen molar-refractivity contribution in [1.29, 1.82) is 0 Å². The normalized spacial score (nSPS) is 10.5. The predicted molar refractivity (Wildman–Crippen MR) is 93.5 cm³/mol. The number of nitrogens with one attached hydrogen (secondary N) is 1. The topological polar surface area (TPSA) is 41.0 Å². The Bertz CT molecular complexity index is 610. The molecule has 2 rings (SSSR count). The molecule has 1 aromatic heterocycles. The fourth-order valence-corrected chi connectivity index (χ4v) is 2.36. The van der Waals surface area contributed by atoms with Gasteiger partial charge in [0.2, 0.25) is 0 Å². The van der Waals surface area contributed by atoms with Gasteiger partial charge in [-0.05, 0) is 25.8 Å². The molecule has 4 nitrogen and oxygen atoms in total. The smallest absolute Gasteiger partial charge is 0.134 e. The van der Waals surface area contributed by atoms with Gasteiger partial charge in [-0.1, -0.05) is 43.2 Å². The van der Waals surface area contributed by atoms with E-state index in [9.17, 15) is 0 Å². The van der Waals surface area contributed by atoms with E-state index in [1.54, 1.807) is 0 Å². The van der Waals surface area contributed by atoms with E-state index in [-0.39, 0.29) is 0 Å². The summed E-state index contributed by atoms with van der Waals surface area (Å²) in [7, 11) is 2.09. The van der Waals surface area contributed by atoms with Crippen molar-refractivity contribution in [2.24, 2.45) is 0 Å². The molecule has 0 unspecified atom stereocenters. The largest absolute Gasteiger partial charge is 0.366 e. The quantitative estimate of drug-likeness (QED) is 0.840. The molecule has 0 atom stereocenters. The lowest BCUT2D eigenvalue weighted by Crippen LogP contribution is -2.20. The Morgan fingerprint density at radius 2 is 1.95 bits per heavy atom. The number of rotatable bonds is 7. The van der Waals surface area contributed by atoms with Crippen molar-refractivity contribution in [3.63, 3.8) is 0 Å². The third kappa shape index (κ3) is 4.72. The van der Waals surface area contributed by atoms with E-state index in [4.69, 9.17) is 0 Å². The van der Waals surface area contributed by atoms with Crippen LogP contribution in [0.15, 0.2) is 30.3 Å². The van der Waals surface area contributed by atoms with E-state index < -0.39 is 0 Å². The maximum atomic E-state index is 4.53. The third-order valence-electron chi connectivity index (χ3n) is 3.62. The number of nitrogens with zero attached hydrogens (tertiary/aromatic N) is 3. The summed E-state index contributed by atoms with van der Waals surface area (Å²) in [6.07, 6.45) is 2.36. The molecule has 0 fully saturated rings. The Morgan fingerprint density at radius 3 is 2.68 bits per heavy atom. The standard InChI is InChI=1S/C18H26N4/c1-5-6-10-22(4)18-12-17(20-15(3)21-18)19-13-16-9-7-8-14(2)11-16/h7-9,11-12H,5-6,10,13H2,1-4H3,(H,19,20,21). The van der Waals surface area contributed by atoms with Gasteiger partial charge in [0.05, 0.1) is 0 Å². The lowest BCUT2D eigenvalue weighted by molar-refractivity contribution is 0.756. The van der Waals surface area contributed by atoms with Gasteiger partial charge in [-0.3, -0.25) is 0 Å². The number of hydrogen-bond acceptors (Lipinski definition) is 4. The lowest BCUT2D eigenvalue weighted by Gasteiger charge is -2.19. The van der Waals surface area contributed by atoms with Crippen LogP contribution in [0.4, 0.5) is 11.6 Å². The molecule has 0 radical (unpaired) electrons. The fourth-order valence-electron chi connectivity index (χ4n) is 2.36. The second kappa shape index (κ2) is 7.78. The van der Waals surface area contributed by atoms with E-state index in [1.165, 1.54) is 24.0 Å². The van der Waals surface area contributed by atoms with Gasteiger partial charge in [-0.15, -0.1) is 0 Å². The molecule has 0 aliphatic heterocycles. The van der Waals surface area contributed by atoms with Gasteiger partial charge >= 0.3 is 0 Å². The van der Waals surface area contributed by atoms with Crippen LogP contribution in [0.25, 0.3) is 0 Å². The SMILES string of the molecule is CCCCN(C)c1cc(NCc2cccc(C)c2)nc(C)n1. The first-order valence-corrected chi connectivity index (χ1v) is 7.94. The van der Waals surface area contributed by atoms with Crippen molar-refractivity contribution in [2.75, 3.05) is 23.8 Å². The molecule has 0 amide bonds. The number of unbranched alkanes of at least 4 members (excludes halogenated alkanes) is 1. The molecule has 0 spiro atoms. The van der Waals surface area contributed by atoms with Crippen molar-refractivity contribution in [3.8, 4) is 0 Å². The summed E-state index contributed by atoms with van der Waals surface area (Å²) in [5.74, 6) is 2.66. The van der Waals surface area contributed by atoms with Crippen LogP contribution in [-0.2, 0) is 6.54 Å². The molecule has 0 bridgehead atoms. The molecule has 0 aliphatic rings. The molecule has 4 heteroatoms. The van der Waals surface area contributed by atoms with E-state index in [1.807, 2.05) is 13.0 Å². The highest BCUT2D eigenvalue weighted by atomic mass is 15.2. The van der Waals surface area contributed by atoms with Crippen LogP contribution in [0.1, 0.15) is 36.7 Å². The highest BCUT2D eigenvalue weighted by Crippen LogP contribution is 2.16. The van der Waals surface area contributed by atoms with Crippen molar-refractivity contribution in [2.45, 2.75) is 40.2 Å². The van der Waals surface area contributed by atoms with Crippen molar-refractivity contribution in [1.82, 2.24) is 9.97 Å². The Morgan fingerprint density at radius 1 is 1.14 bits per heavy atom. The summed E-state index contributed by atoms with van der Waals surface area (Å²) < 4.78 is 0. The Kier molecular flexibility index (Phi) is 5.75. The number of benzene rings is 1. The van der Waals surface area contributed by atoms with Crippen molar-refractivity contribution in [3.05, 3.63) is 47.3 Å². The van der Waals surface area contributed by atoms with Crippen LogP contribution in [0.2, 0.25) is 0 Å². The zero-order valence-corrected chi connectivity index (χ0v) is 14.1. The minimum absolute atomic E-state index is 0.774. The van der Waals surface area contributed by atoms with Crippen LogP contribution in [0.3, 0.4) is 0 Å². The van der Waals surface area contributed by atoms with Crippen molar-refractivity contribution < 1.29 is 0 Å². The van der Waals surface area contributed by atoms with Gasteiger partial charge in [-0.25, -0.2) is 9.97 Å². The predicted octanol–water partition coefficient (Wildman–Crippen LogP) is 3.94. The minimum Gasteiger partial charge on any atom is -0.366 e. The molecule has 1 heterocycles. The van der Waals surface area contributed by atoms with E-state index in [2.05, 4.69) is 65.3 Å². The molecule has 118 valence electrons. The van der Waals surface area contributed by atoms with Gasteiger partial charge in [0.15, 0.2) is 0 Å². The van der Waals surface area contributed by atoms with E-state index in [0.717, 1.165) is 30.5 Å². The third-order valence-corrected chi connectivity index (χ3v) is 3.62. The van der Waals surface area contributed by atoms with Gasteiger partial charge in [0.1, 0.15) is 17.5 Å². The number of anilines is 2. The lowest BCUT2D eigenvalue weighted by atomic mass is 10.1. The number of aryl methyl sites for hydroxylation is 2. The summed E-state index contributed by atoms with van der Waals surface area (Å²) in [6.45, 7) is 8.04. The van der Waals surface area contributed by atoms with Crippen LogP contribution < -0.4 is 10.2 Å². The van der Waals surface area contributed by atoms with Gasteiger partial charge < -0.3 is 10.2 Å². The van der Waals surface area contributed by atoms with Crippen LogP contribution in [0.5, 0.6) is 0 Å². The molecule has 2 aromatic rings. The average molecular weight is 298 g/mol. The number of hydrogen-bond donors (Lipinski definition) is 1. The highest BCUT2D eigenvalue weighted by molar-refractivity contribution is 5.49. The van der Waals surface area contributed by atoms with Gasteiger partial charge in [0.25, 0.3) is 0 Å². The molecule has 0 aliphatic carbocycles. The summed E-state index contributed by atoms with van der Waals surface area (Å²) in [4.78, 5) is 11.2. The monoisotopic (exact) mass is 298 g/mol. The molecule has 0 saturated carbocycles. The van der Waals surface area contributed by atoms with E-state index >= 15 is 0 Å². The first-order valence-electron chi connectivity index (χ1n) is 7.94. The minimum atomic E-state index is 0.774. The van der Waals surface area contributed by atoms with Crippen LogP contribution in [-0.4, -0.2) is 23.6 Å². The van der Waals surface area contributed by atoms with Gasteiger partial charge in [-0.2, -0.15) is 0 Å². The van der Waals surface area contributed by atoms with Gasteiger partial charge in [0, 0.05) is 26.2 Å². The second-order valence-corrected chi connectivity index (χ2v) is 5.78. The Balaban J connectivity index is 2.06. The summed E-state index contributed by atoms with van der Waals surface area (Å²) in [5.41, 5.74) is 2.54. The molecule has 1 aromatic carbocycles. The average Bonchev–Trinajstić information content (AvgIpc) is 2.50. The summed E-state index contributed by atoms with van der Waals surface area (Å²) >= 11 is 0. The highest BCUT2D eigenvalue weighted by Gasteiger charge is 2.06. The molecular weight excluding hydrogens is 272 g/mol. The summed E-state index contributed by atoms with van der Waals surface area (Å²) in [6, 6.07) is 10.5. The molecule has 0 saturated heterocycles. The molecule has 22 heavy (non-hydrogen) atoms. The van der Waals surface area contributed by atoms with Crippen molar-refractivity contribution >= 4 is 11.6 Å². The first-order chi connectivity index (χ1) is 10.6. The molecule has 1 N–H and O–H groups in total. The Labute approximate surface area is 133 Å². The number of aromatic nitrogens is 2. The van der Waals surface area contributed by atoms with Crippen LogP contribution >= 0.6 is 0 Å². The summed E-state index contributed by atoms with van der Waals surface area (Å²) in [5, 5.41) is 3.40. The molecular formula is C18H26N4.